The fraction of sp³-hybridized carbons (Fsp3) is 0.450. The molecule has 2 aromatic heterocycles. The van der Waals surface area contributed by atoms with Crippen molar-refractivity contribution in [2.45, 2.75) is 51.6 Å². The number of aromatic nitrogens is 5. The van der Waals surface area contributed by atoms with Crippen LogP contribution in [0.2, 0.25) is 5.02 Å². The third-order valence-electron chi connectivity index (χ3n) is 4.86. The Morgan fingerprint density at radius 1 is 1.22 bits per heavy atom. The Kier molecular flexibility index (Phi) is 4.54. The van der Waals surface area contributed by atoms with Gasteiger partial charge in [0, 0.05) is 23.0 Å². The highest BCUT2D eigenvalue weighted by Crippen LogP contribution is 2.31. The van der Waals surface area contributed by atoms with Crippen molar-refractivity contribution in [3.05, 3.63) is 47.6 Å². The SMILES string of the molecule is [CH][C@@H]1CCCN1c1nc(C(C)(C)C)nc2c1nnn2Cc1ccccc1Cl. The number of benzene rings is 1. The lowest BCUT2D eigenvalue weighted by Crippen LogP contribution is -2.29. The zero-order valence-electron chi connectivity index (χ0n) is 15.9. The summed E-state index contributed by atoms with van der Waals surface area (Å²) in [5.74, 6) is 1.53. The van der Waals surface area contributed by atoms with Gasteiger partial charge in [-0.3, -0.25) is 0 Å². The molecule has 1 fully saturated rings. The van der Waals surface area contributed by atoms with Crippen LogP contribution in [-0.4, -0.2) is 37.5 Å². The molecule has 1 aliphatic heterocycles. The molecular weight excluding hydrogens is 360 g/mol. The Morgan fingerprint density at radius 2 is 2.00 bits per heavy atom. The van der Waals surface area contributed by atoms with Crippen LogP contribution < -0.4 is 4.90 Å². The molecule has 0 N–H and O–H groups in total. The predicted molar refractivity (Wildman–Crippen MR) is 107 cm³/mol. The normalized spacial score (nSPS) is 17.8. The first kappa shape index (κ1) is 18.2. The first-order valence-corrected chi connectivity index (χ1v) is 9.60. The van der Waals surface area contributed by atoms with E-state index >= 15 is 0 Å². The molecule has 0 amide bonds. The van der Waals surface area contributed by atoms with Crippen LogP contribution in [0, 0.1) is 6.92 Å². The summed E-state index contributed by atoms with van der Waals surface area (Å²) in [7, 11) is 0. The number of nitrogens with zero attached hydrogens (tertiary/aromatic N) is 6. The number of halogens is 1. The molecular formula is C20H23ClN6. The van der Waals surface area contributed by atoms with Crippen molar-refractivity contribution in [2.24, 2.45) is 0 Å². The minimum atomic E-state index is -0.202. The molecule has 0 unspecified atom stereocenters. The number of anilines is 1. The number of hydrogen-bond donors (Lipinski definition) is 0. The van der Waals surface area contributed by atoms with Gasteiger partial charge in [-0.05, 0) is 31.4 Å². The molecule has 1 aliphatic rings. The van der Waals surface area contributed by atoms with Gasteiger partial charge in [0.15, 0.2) is 17.0 Å². The summed E-state index contributed by atoms with van der Waals surface area (Å²) in [5.41, 5.74) is 2.17. The summed E-state index contributed by atoms with van der Waals surface area (Å²) in [4.78, 5) is 11.8. The van der Waals surface area contributed by atoms with E-state index in [1.807, 2.05) is 24.3 Å². The molecule has 1 aromatic carbocycles. The maximum Gasteiger partial charge on any atom is 0.184 e. The third kappa shape index (κ3) is 3.38. The smallest absolute Gasteiger partial charge is 0.184 e. The Balaban J connectivity index is 1.86. The first-order chi connectivity index (χ1) is 12.8. The summed E-state index contributed by atoms with van der Waals surface area (Å²) in [5, 5.41) is 9.45. The Labute approximate surface area is 164 Å². The molecule has 4 rings (SSSR count). The van der Waals surface area contributed by atoms with Gasteiger partial charge in [-0.15, -0.1) is 5.10 Å². The van der Waals surface area contributed by atoms with Crippen LogP contribution in [-0.2, 0) is 12.0 Å². The second-order valence-electron chi connectivity index (χ2n) is 8.03. The average molecular weight is 383 g/mol. The standard InChI is InChI=1S/C20H23ClN6/c1-13-8-7-11-26(13)17-16-18(23-19(22-17)20(2,3)4)27(25-24-16)12-14-9-5-6-10-15(14)21/h1,5-6,9-10,13H,7-8,11-12H2,2-4H3/t13-/m1/s1. The second-order valence-corrected chi connectivity index (χ2v) is 8.44. The minimum Gasteiger partial charge on any atom is -0.351 e. The fourth-order valence-electron chi connectivity index (χ4n) is 3.33. The molecule has 140 valence electrons. The van der Waals surface area contributed by atoms with Crippen molar-refractivity contribution in [1.82, 2.24) is 25.0 Å². The van der Waals surface area contributed by atoms with E-state index in [0.717, 1.165) is 36.6 Å². The quantitative estimate of drug-likeness (QED) is 0.687. The Morgan fingerprint density at radius 3 is 2.67 bits per heavy atom. The lowest BCUT2D eigenvalue weighted by molar-refractivity contribution is 0.544. The Hall–Kier alpha value is -2.21. The lowest BCUT2D eigenvalue weighted by Gasteiger charge is -2.25. The van der Waals surface area contributed by atoms with Crippen molar-refractivity contribution in [3.8, 4) is 0 Å². The molecule has 3 aromatic rings. The average Bonchev–Trinajstić information content (AvgIpc) is 3.22. The van der Waals surface area contributed by atoms with Gasteiger partial charge < -0.3 is 4.90 Å². The monoisotopic (exact) mass is 382 g/mol. The van der Waals surface area contributed by atoms with Crippen LogP contribution in [0.3, 0.4) is 0 Å². The predicted octanol–water partition coefficient (Wildman–Crippen LogP) is 3.90. The van der Waals surface area contributed by atoms with Gasteiger partial charge in [0.1, 0.15) is 5.82 Å². The van der Waals surface area contributed by atoms with E-state index in [1.165, 1.54) is 0 Å². The highest BCUT2D eigenvalue weighted by molar-refractivity contribution is 6.31. The molecule has 6 nitrogen and oxygen atoms in total. The van der Waals surface area contributed by atoms with E-state index in [0.29, 0.717) is 22.7 Å². The van der Waals surface area contributed by atoms with E-state index in [-0.39, 0.29) is 11.5 Å². The Bertz CT molecular complexity index is 974. The molecule has 1 saturated heterocycles. The molecule has 0 bridgehead atoms. The van der Waals surface area contributed by atoms with Crippen LogP contribution in [0.4, 0.5) is 5.82 Å². The van der Waals surface area contributed by atoms with Crippen molar-refractivity contribution in [1.29, 1.82) is 0 Å². The molecule has 0 saturated carbocycles. The third-order valence-corrected chi connectivity index (χ3v) is 5.23. The summed E-state index contributed by atoms with van der Waals surface area (Å²) in [6.07, 6.45) is 2.00. The largest absolute Gasteiger partial charge is 0.351 e. The van der Waals surface area contributed by atoms with Gasteiger partial charge in [-0.25, -0.2) is 14.6 Å². The second kappa shape index (κ2) is 6.75. The van der Waals surface area contributed by atoms with Crippen LogP contribution >= 0.6 is 11.6 Å². The first-order valence-electron chi connectivity index (χ1n) is 9.22. The minimum absolute atomic E-state index is 0.0513. The van der Waals surface area contributed by atoms with E-state index in [2.05, 4.69) is 36.0 Å². The molecule has 3 heterocycles. The summed E-state index contributed by atoms with van der Waals surface area (Å²) >= 11 is 6.33. The van der Waals surface area contributed by atoms with Crippen LogP contribution in [0.25, 0.3) is 11.2 Å². The maximum absolute atomic E-state index is 6.33. The van der Waals surface area contributed by atoms with Crippen LogP contribution in [0.5, 0.6) is 0 Å². The van der Waals surface area contributed by atoms with Gasteiger partial charge in [0.25, 0.3) is 0 Å². The van der Waals surface area contributed by atoms with Crippen molar-refractivity contribution >= 4 is 28.6 Å². The van der Waals surface area contributed by atoms with Gasteiger partial charge in [-0.2, -0.15) is 0 Å². The van der Waals surface area contributed by atoms with Crippen LogP contribution in [0.15, 0.2) is 24.3 Å². The number of fused-ring (bicyclic) bond motifs is 1. The lowest BCUT2D eigenvalue weighted by atomic mass is 9.95. The van der Waals surface area contributed by atoms with Crippen molar-refractivity contribution in [3.63, 3.8) is 0 Å². The van der Waals surface area contributed by atoms with Crippen molar-refractivity contribution in [2.75, 3.05) is 11.4 Å². The molecule has 0 aliphatic carbocycles. The van der Waals surface area contributed by atoms with E-state index < -0.39 is 0 Å². The topological polar surface area (TPSA) is 59.7 Å². The summed E-state index contributed by atoms with van der Waals surface area (Å²) in [6, 6.07) is 7.69. The summed E-state index contributed by atoms with van der Waals surface area (Å²) < 4.78 is 1.79. The zero-order valence-corrected chi connectivity index (χ0v) is 16.6. The highest BCUT2D eigenvalue weighted by atomic mass is 35.5. The van der Waals surface area contributed by atoms with E-state index in [1.54, 1.807) is 4.68 Å². The van der Waals surface area contributed by atoms with E-state index in [9.17, 15) is 0 Å². The van der Waals surface area contributed by atoms with Gasteiger partial charge in [0.2, 0.25) is 0 Å². The molecule has 27 heavy (non-hydrogen) atoms. The maximum atomic E-state index is 6.33. The highest BCUT2D eigenvalue weighted by Gasteiger charge is 2.29. The zero-order chi connectivity index (χ0) is 19.2. The summed E-state index contributed by atoms with van der Waals surface area (Å²) in [6.45, 7) is 14.0. The molecule has 0 spiro atoms. The molecule has 7 heteroatoms. The number of hydrogen-bond acceptors (Lipinski definition) is 5. The van der Waals surface area contributed by atoms with Crippen molar-refractivity contribution < 1.29 is 0 Å². The van der Waals surface area contributed by atoms with Gasteiger partial charge >= 0.3 is 0 Å². The fourth-order valence-corrected chi connectivity index (χ4v) is 3.52. The van der Waals surface area contributed by atoms with E-state index in [4.69, 9.17) is 28.5 Å². The molecule has 2 radical (unpaired) electrons. The van der Waals surface area contributed by atoms with Gasteiger partial charge in [0.05, 0.1) is 6.54 Å². The van der Waals surface area contributed by atoms with Gasteiger partial charge in [-0.1, -0.05) is 55.8 Å². The number of rotatable bonds is 3. The molecule has 1 atom stereocenters. The van der Waals surface area contributed by atoms with Crippen LogP contribution in [0.1, 0.15) is 45.0 Å².